The summed E-state index contributed by atoms with van der Waals surface area (Å²) in [5, 5.41) is 15.7. The summed E-state index contributed by atoms with van der Waals surface area (Å²) in [6.07, 6.45) is 6.12. The van der Waals surface area contributed by atoms with Crippen LogP contribution in [-0.2, 0) is 16.3 Å². The van der Waals surface area contributed by atoms with Crippen molar-refractivity contribution in [2.75, 3.05) is 11.9 Å². The number of hydrogen-bond acceptors (Lipinski definition) is 5. The highest BCUT2D eigenvalue weighted by Gasteiger charge is 2.48. The van der Waals surface area contributed by atoms with Crippen molar-refractivity contribution in [1.29, 1.82) is 0 Å². The van der Waals surface area contributed by atoms with E-state index in [1.165, 1.54) is 5.69 Å². The van der Waals surface area contributed by atoms with Crippen molar-refractivity contribution in [2.45, 2.75) is 124 Å². The third-order valence-corrected chi connectivity index (χ3v) is 11.1. The quantitative estimate of drug-likeness (QED) is 0.120. The lowest BCUT2D eigenvalue weighted by Gasteiger charge is -2.28. The Bertz CT molecular complexity index is 1510. The predicted octanol–water partition coefficient (Wildman–Crippen LogP) is 8.06. The molecule has 0 saturated heterocycles. The van der Waals surface area contributed by atoms with Gasteiger partial charge in [-0.15, -0.1) is 0 Å². The van der Waals surface area contributed by atoms with Crippen LogP contribution in [0.25, 0.3) is 11.1 Å². The van der Waals surface area contributed by atoms with E-state index >= 15 is 0 Å². The van der Waals surface area contributed by atoms with E-state index in [2.05, 4.69) is 75.2 Å². The third kappa shape index (κ3) is 8.62. The molecule has 0 aliphatic heterocycles. The minimum atomic E-state index is -1.18. The normalized spacial score (nSPS) is 16.0. The fourth-order valence-corrected chi connectivity index (χ4v) is 7.45. The van der Waals surface area contributed by atoms with Crippen LogP contribution in [0.3, 0.4) is 0 Å². The number of aromatic nitrogens is 4. The molecule has 2 aliphatic carbocycles. The van der Waals surface area contributed by atoms with Gasteiger partial charge in [-0.1, -0.05) is 59.5 Å². The molecule has 2 saturated carbocycles. The van der Waals surface area contributed by atoms with Crippen LogP contribution < -0.4 is 10.6 Å². The third-order valence-electron chi connectivity index (χ3n) is 9.44. The predicted molar refractivity (Wildman–Crippen MR) is 191 cm³/mol. The summed E-state index contributed by atoms with van der Waals surface area (Å²) in [7, 11) is -1.18. The Morgan fingerprint density at radius 2 is 1.57 bits per heavy atom. The number of carbonyl (C=O) groups is 2. The molecule has 2 heterocycles. The molecule has 47 heavy (non-hydrogen) atoms. The number of hydrogen-bond donors (Lipinski definition) is 2. The number of nitrogens with one attached hydrogen (secondary N) is 2. The zero-order valence-electron chi connectivity index (χ0n) is 30.0. The number of ether oxygens (including phenoxy) is 1. The average Bonchev–Trinajstić information content (AvgIpc) is 3.92. The molecular formula is C37H56N6O3Si. The first-order valence-corrected chi connectivity index (χ1v) is 21.4. The number of nitrogens with zero attached hydrogens (tertiary/aromatic N) is 4. The van der Waals surface area contributed by atoms with Gasteiger partial charge in [0, 0.05) is 38.2 Å². The van der Waals surface area contributed by atoms with E-state index in [4.69, 9.17) is 9.84 Å². The molecule has 1 aromatic carbocycles. The molecule has 3 aromatic rings. The zero-order valence-corrected chi connectivity index (χ0v) is 31.0. The minimum Gasteiger partial charge on any atom is -0.360 e. The SMILES string of the molecule is CC(C)c1nn(COCC[Si](C)(C)C)c(C(C)C)c1-c1ccc(NC(=O)C(NC(=O)c2ccnn2C(C)C)C(C2CC2)C2CC2)cc1. The number of amides is 2. The van der Waals surface area contributed by atoms with Gasteiger partial charge in [-0.05, 0) is 98.9 Å². The van der Waals surface area contributed by atoms with Gasteiger partial charge in [0.25, 0.3) is 5.91 Å². The summed E-state index contributed by atoms with van der Waals surface area (Å²) in [5.74, 6) is 1.20. The van der Waals surface area contributed by atoms with Crippen molar-refractivity contribution >= 4 is 25.6 Å². The van der Waals surface area contributed by atoms with Gasteiger partial charge in [0.1, 0.15) is 18.5 Å². The molecule has 0 spiro atoms. The molecule has 9 nitrogen and oxygen atoms in total. The lowest BCUT2D eigenvalue weighted by molar-refractivity contribution is -0.119. The van der Waals surface area contributed by atoms with Crippen molar-refractivity contribution in [1.82, 2.24) is 24.9 Å². The van der Waals surface area contributed by atoms with E-state index in [1.807, 2.05) is 30.7 Å². The van der Waals surface area contributed by atoms with Crippen LogP contribution in [0.15, 0.2) is 36.5 Å². The number of anilines is 1. The van der Waals surface area contributed by atoms with Gasteiger partial charge in [0.05, 0.1) is 11.4 Å². The number of benzene rings is 1. The van der Waals surface area contributed by atoms with E-state index in [0.717, 1.165) is 60.8 Å². The van der Waals surface area contributed by atoms with Crippen molar-refractivity contribution in [3.8, 4) is 11.1 Å². The van der Waals surface area contributed by atoms with Crippen LogP contribution >= 0.6 is 0 Å². The summed E-state index contributed by atoms with van der Waals surface area (Å²) in [6.45, 7) is 21.1. The smallest absolute Gasteiger partial charge is 0.270 e. The lowest BCUT2D eigenvalue weighted by Crippen LogP contribution is -2.50. The molecule has 1 unspecified atom stereocenters. The van der Waals surface area contributed by atoms with Crippen LogP contribution in [0.4, 0.5) is 5.69 Å². The van der Waals surface area contributed by atoms with E-state index in [1.54, 1.807) is 16.9 Å². The topological polar surface area (TPSA) is 103 Å². The van der Waals surface area contributed by atoms with Crippen molar-refractivity contribution < 1.29 is 14.3 Å². The maximum Gasteiger partial charge on any atom is 0.270 e. The molecular weight excluding hydrogens is 605 g/mol. The summed E-state index contributed by atoms with van der Waals surface area (Å²) in [5.41, 5.74) is 5.64. The standard InChI is InChI=1S/C37H56N6O3Si/c1-23(2)33-32(35(24(3)4)42(41-33)22-46-20-21-47(7,8)9)28-14-16-29(17-15-28)39-37(45)34(31(26-10-11-26)27-12-13-27)40-36(44)30-18-19-38-43(30)25(5)6/h14-19,23-27,31,34H,10-13,20-22H2,1-9H3,(H,39,45)(H,40,44). The summed E-state index contributed by atoms with van der Waals surface area (Å²) in [6, 6.07) is 10.4. The van der Waals surface area contributed by atoms with Crippen molar-refractivity contribution in [3.63, 3.8) is 0 Å². The van der Waals surface area contributed by atoms with Gasteiger partial charge in [-0.25, -0.2) is 4.68 Å². The second-order valence-corrected chi connectivity index (χ2v) is 21.4. The van der Waals surface area contributed by atoms with Crippen LogP contribution in [0.2, 0.25) is 25.7 Å². The molecule has 5 rings (SSSR count). The first-order valence-electron chi connectivity index (χ1n) is 17.7. The fraction of sp³-hybridized carbons (Fsp3) is 0.622. The van der Waals surface area contributed by atoms with Gasteiger partial charge in [0.15, 0.2) is 0 Å². The zero-order chi connectivity index (χ0) is 34.0. The van der Waals surface area contributed by atoms with Crippen molar-refractivity contribution in [3.05, 3.63) is 53.6 Å². The molecule has 0 bridgehead atoms. The van der Waals surface area contributed by atoms with Crippen LogP contribution in [0.1, 0.15) is 107 Å². The van der Waals surface area contributed by atoms with E-state index < -0.39 is 14.1 Å². The molecule has 256 valence electrons. The highest BCUT2D eigenvalue weighted by molar-refractivity contribution is 6.76. The Kier molecular flexibility index (Phi) is 10.8. The molecule has 10 heteroatoms. The number of rotatable bonds is 16. The lowest BCUT2D eigenvalue weighted by atomic mass is 9.88. The van der Waals surface area contributed by atoms with E-state index in [0.29, 0.717) is 24.3 Å². The Labute approximate surface area is 282 Å². The van der Waals surface area contributed by atoms with Crippen LogP contribution in [0.5, 0.6) is 0 Å². The second-order valence-electron chi connectivity index (χ2n) is 15.8. The first kappa shape index (κ1) is 35.1. The Morgan fingerprint density at radius 1 is 0.936 bits per heavy atom. The van der Waals surface area contributed by atoms with Gasteiger partial charge in [-0.2, -0.15) is 10.2 Å². The van der Waals surface area contributed by atoms with E-state index in [-0.39, 0.29) is 35.6 Å². The number of carbonyl (C=O) groups excluding carboxylic acids is 2. The largest absolute Gasteiger partial charge is 0.360 e. The van der Waals surface area contributed by atoms with Gasteiger partial charge < -0.3 is 15.4 Å². The average molecular weight is 661 g/mol. The second kappa shape index (κ2) is 14.5. The summed E-state index contributed by atoms with van der Waals surface area (Å²) < 4.78 is 9.90. The van der Waals surface area contributed by atoms with Crippen molar-refractivity contribution in [2.24, 2.45) is 17.8 Å². The van der Waals surface area contributed by atoms with Crippen LogP contribution in [0, 0.1) is 17.8 Å². The molecule has 2 aromatic heterocycles. The Hall–Kier alpha value is -3.24. The Morgan fingerprint density at radius 3 is 2.11 bits per heavy atom. The van der Waals surface area contributed by atoms with Gasteiger partial charge in [0.2, 0.25) is 5.91 Å². The molecule has 2 amide bonds. The first-order chi connectivity index (χ1) is 22.2. The summed E-state index contributed by atoms with van der Waals surface area (Å²) >= 11 is 0. The molecule has 2 aliphatic rings. The molecule has 2 N–H and O–H groups in total. The highest BCUT2D eigenvalue weighted by atomic mass is 28.3. The molecule has 2 fully saturated rings. The van der Waals surface area contributed by atoms with E-state index in [9.17, 15) is 9.59 Å². The summed E-state index contributed by atoms with van der Waals surface area (Å²) in [4.78, 5) is 27.5. The van der Waals surface area contributed by atoms with Crippen LogP contribution in [-0.4, -0.2) is 52.1 Å². The fourth-order valence-electron chi connectivity index (χ4n) is 6.70. The maximum absolute atomic E-state index is 14.0. The van der Waals surface area contributed by atoms with Gasteiger partial charge >= 0.3 is 0 Å². The van der Waals surface area contributed by atoms with Gasteiger partial charge in [-0.3, -0.25) is 14.3 Å². The monoisotopic (exact) mass is 660 g/mol. The Balaban J connectivity index is 1.36. The maximum atomic E-state index is 14.0. The minimum absolute atomic E-state index is 0.0428. The molecule has 0 radical (unpaired) electrons. The molecule has 1 atom stereocenters. The highest BCUT2D eigenvalue weighted by Crippen LogP contribution is 2.51.